The Morgan fingerprint density at radius 3 is 2.31 bits per heavy atom. The summed E-state index contributed by atoms with van der Waals surface area (Å²) in [5.74, 6) is -1.81. The summed E-state index contributed by atoms with van der Waals surface area (Å²) in [4.78, 5) is 38.9. The Morgan fingerprint density at radius 2 is 1.78 bits per heavy atom. The fourth-order valence-electron chi connectivity index (χ4n) is 3.98. The lowest BCUT2D eigenvalue weighted by atomic mass is 9.94. The van der Waals surface area contributed by atoms with Crippen LogP contribution in [0.15, 0.2) is 41.8 Å². The Labute approximate surface area is 198 Å². The van der Waals surface area contributed by atoms with Crippen LogP contribution in [0.5, 0.6) is 0 Å². The highest BCUT2D eigenvalue weighted by Crippen LogP contribution is 2.31. The predicted molar refractivity (Wildman–Crippen MR) is 130 cm³/mol. The summed E-state index contributed by atoms with van der Waals surface area (Å²) in [6.45, 7) is 3.78. The summed E-state index contributed by atoms with van der Waals surface area (Å²) in [7, 11) is 0. The number of thiol groups is 1. The van der Waals surface area contributed by atoms with E-state index in [0.29, 0.717) is 12.8 Å². The van der Waals surface area contributed by atoms with Crippen LogP contribution in [-0.2, 0) is 20.8 Å². The first-order valence-corrected chi connectivity index (χ1v) is 12.3. The first-order valence-electron chi connectivity index (χ1n) is 10.9. The van der Waals surface area contributed by atoms with Gasteiger partial charge in [0.1, 0.15) is 11.6 Å². The molecular weight excluding hydrogens is 444 g/mol. The number of carbonyl (C=O) groups is 3. The molecule has 1 aliphatic rings. The molecular formula is C24H30N2O4S2. The van der Waals surface area contributed by atoms with Crippen LogP contribution in [0.1, 0.15) is 45.1 Å². The van der Waals surface area contributed by atoms with Crippen molar-refractivity contribution in [3.05, 3.63) is 47.3 Å². The molecule has 2 aromatic rings. The lowest BCUT2D eigenvalue weighted by Gasteiger charge is -2.32. The lowest BCUT2D eigenvalue weighted by Crippen LogP contribution is -2.61. The van der Waals surface area contributed by atoms with E-state index in [9.17, 15) is 19.5 Å². The summed E-state index contributed by atoms with van der Waals surface area (Å²) in [6, 6.07) is 10.6. The summed E-state index contributed by atoms with van der Waals surface area (Å²) < 4.78 is 0. The van der Waals surface area contributed by atoms with Crippen molar-refractivity contribution < 1.29 is 19.5 Å². The number of hydrogen-bond donors (Lipinski definition) is 4. The van der Waals surface area contributed by atoms with E-state index < -0.39 is 28.7 Å². The van der Waals surface area contributed by atoms with E-state index in [-0.39, 0.29) is 18.2 Å². The average molecular weight is 475 g/mol. The topological polar surface area (TPSA) is 95.5 Å². The van der Waals surface area contributed by atoms with Crippen LogP contribution in [0.3, 0.4) is 0 Å². The molecule has 1 aromatic carbocycles. The van der Waals surface area contributed by atoms with Crippen molar-refractivity contribution in [3.8, 4) is 10.4 Å². The summed E-state index contributed by atoms with van der Waals surface area (Å²) in [5, 5.41) is 16.8. The maximum atomic E-state index is 13.2. The number of carboxylic acids is 1. The summed E-state index contributed by atoms with van der Waals surface area (Å²) in [5.41, 5.74) is 0.806. The van der Waals surface area contributed by atoms with Gasteiger partial charge in [0.15, 0.2) is 0 Å². The monoisotopic (exact) mass is 474 g/mol. The zero-order chi connectivity index (χ0) is 23.3. The molecule has 0 aliphatic heterocycles. The third-order valence-electron chi connectivity index (χ3n) is 5.96. The van der Waals surface area contributed by atoms with Gasteiger partial charge in [-0.1, -0.05) is 57.0 Å². The Bertz CT molecular complexity index is 935. The molecule has 0 radical (unpaired) electrons. The van der Waals surface area contributed by atoms with Crippen molar-refractivity contribution in [2.45, 2.75) is 62.8 Å². The number of rotatable bonds is 9. The fraction of sp³-hybridized carbons (Fsp3) is 0.458. The summed E-state index contributed by atoms with van der Waals surface area (Å²) in [6.07, 6.45) is 2.75. The molecule has 32 heavy (non-hydrogen) atoms. The van der Waals surface area contributed by atoms with Gasteiger partial charge in [0.2, 0.25) is 11.8 Å². The Kier molecular flexibility index (Phi) is 8.00. The second-order valence-electron chi connectivity index (χ2n) is 8.71. The van der Waals surface area contributed by atoms with Crippen LogP contribution < -0.4 is 10.6 Å². The molecule has 1 heterocycles. The van der Waals surface area contributed by atoms with Gasteiger partial charge in [-0.15, -0.1) is 11.3 Å². The number of carboxylic acid groups (broad SMARTS) is 1. The average Bonchev–Trinajstić information content (AvgIpc) is 3.46. The molecule has 1 aliphatic carbocycles. The largest absolute Gasteiger partial charge is 0.480 e. The zero-order valence-electron chi connectivity index (χ0n) is 18.3. The van der Waals surface area contributed by atoms with Crippen molar-refractivity contribution in [3.63, 3.8) is 0 Å². The number of hydrogen-bond acceptors (Lipinski definition) is 5. The van der Waals surface area contributed by atoms with Crippen LogP contribution >= 0.6 is 24.0 Å². The predicted octanol–water partition coefficient (Wildman–Crippen LogP) is 3.91. The van der Waals surface area contributed by atoms with Gasteiger partial charge in [-0.3, -0.25) is 9.59 Å². The Balaban J connectivity index is 1.70. The van der Waals surface area contributed by atoms with Crippen LogP contribution in [-0.4, -0.2) is 39.7 Å². The number of amides is 2. The number of nitrogens with one attached hydrogen (secondary N) is 2. The highest BCUT2D eigenvalue weighted by atomic mass is 32.1. The van der Waals surface area contributed by atoms with Gasteiger partial charge >= 0.3 is 5.97 Å². The van der Waals surface area contributed by atoms with Crippen LogP contribution in [0.4, 0.5) is 0 Å². The molecule has 8 heteroatoms. The molecule has 3 rings (SSSR count). The molecule has 1 aromatic heterocycles. The SMILES string of the molecule is CC(C)C(S)C(=O)NC1(C(=O)N[C@@H](Cc2ccc(-c3cccs3)cc2)C(=O)O)CCCC1. The molecule has 172 valence electrons. The minimum absolute atomic E-state index is 0.0174. The molecule has 1 saturated carbocycles. The van der Waals surface area contributed by atoms with Gasteiger partial charge in [0, 0.05) is 11.3 Å². The quantitative estimate of drug-likeness (QED) is 0.415. The minimum Gasteiger partial charge on any atom is -0.480 e. The number of thiophene rings is 1. The molecule has 1 fully saturated rings. The second-order valence-corrected chi connectivity index (χ2v) is 10.2. The van der Waals surface area contributed by atoms with Crippen LogP contribution in [0, 0.1) is 5.92 Å². The van der Waals surface area contributed by atoms with Crippen molar-refractivity contribution in [1.29, 1.82) is 0 Å². The zero-order valence-corrected chi connectivity index (χ0v) is 20.0. The van der Waals surface area contributed by atoms with Crippen molar-refractivity contribution in [2.24, 2.45) is 5.92 Å². The lowest BCUT2D eigenvalue weighted by molar-refractivity contribution is -0.143. The van der Waals surface area contributed by atoms with Gasteiger partial charge in [-0.05, 0) is 41.3 Å². The highest BCUT2D eigenvalue weighted by Gasteiger charge is 2.44. The van der Waals surface area contributed by atoms with Crippen molar-refractivity contribution >= 4 is 41.7 Å². The number of benzene rings is 1. The molecule has 1 unspecified atom stereocenters. The van der Waals surface area contributed by atoms with E-state index >= 15 is 0 Å². The molecule has 0 saturated heterocycles. The van der Waals surface area contributed by atoms with E-state index in [2.05, 4.69) is 23.3 Å². The van der Waals surface area contributed by atoms with E-state index in [1.165, 1.54) is 0 Å². The second kappa shape index (κ2) is 10.5. The van der Waals surface area contributed by atoms with Gasteiger partial charge < -0.3 is 15.7 Å². The van der Waals surface area contributed by atoms with E-state index in [0.717, 1.165) is 28.8 Å². The fourth-order valence-corrected chi connectivity index (χ4v) is 4.78. The van der Waals surface area contributed by atoms with E-state index in [1.54, 1.807) is 11.3 Å². The third kappa shape index (κ3) is 5.72. The maximum Gasteiger partial charge on any atom is 0.326 e. The van der Waals surface area contributed by atoms with Gasteiger partial charge in [0.25, 0.3) is 0 Å². The first-order chi connectivity index (χ1) is 15.2. The Hall–Kier alpha value is -2.32. The van der Waals surface area contributed by atoms with Crippen LogP contribution in [0.25, 0.3) is 10.4 Å². The molecule has 2 amide bonds. The van der Waals surface area contributed by atoms with E-state index in [1.807, 2.05) is 55.6 Å². The molecule has 2 atom stereocenters. The van der Waals surface area contributed by atoms with Crippen LogP contribution in [0.2, 0.25) is 0 Å². The van der Waals surface area contributed by atoms with E-state index in [4.69, 9.17) is 0 Å². The van der Waals surface area contributed by atoms with Crippen molar-refractivity contribution in [1.82, 2.24) is 10.6 Å². The third-order valence-corrected chi connectivity index (χ3v) is 7.71. The first kappa shape index (κ1) is 24.3. The minimum atomic E-state index is -1.10. The molecule has 0 spiro atoms. The number of aliphatic carboxylic acids is 1. The highest BCUT2D eigenvalue weighted by molar-refractivity contribution is 7.81. The van der Waals surface area contributed by atoms with Gasteiger partial charge in [0.05, 0.1) is 5.25 Å². The number of carbonyl (C=O) groups excluding carboxylic acids is 2. The molecule has 0 bridgehead atoms. The Morgan fingerprint density at radius 1 is 1.12 bits per heavy atom. The maximum absolute atomic E-state index is 13.2. The smallest absolute Gasteiger partial charge is 0.326 e. The summed E-state index contributed by atoms with van der Waals surface area (Å²) >= 11 is 6.00. The standard InChI is InChI=1S/C24H30N2O4S2/c1-15(2)20(31)21(27)26-24(11-3-4-12-24)23(30)25-18(22(28)29)14-16-7-9-17(10-8-16)19-6-5-13-32-19/h5-10,13,15,18,20,31H,3-4,11-12,14H2,1-2H3,(H,25,30)(H,26,27)(H,28,29)/t18-,20?/m0/s1. The van der Waals surface area contributed by atoms with Crippen molar-refractivity contribution in [2.75, 3.05) is 0 Å². The van der Waals surface area contributed by atoms with Gasteiger partial charge in [-0.2, -0.15) is 12.6 Å². The van der Waals surface area contributed by atoms with Gasteiger partial charge in [-0.25, -0.2) is 4.79 Å². The normalized spacial score (nSPS) is 17.0. The molecule has 3 N–H and O–H groups in total. The molecule has 6 nitrogen and oxygen atoms in total.